The zero-order valence-electron chi connectivity index (χ0n) is 7.07. The molecule has 0 saturated carbocycles. The Kier molecular flexibility index (Phi) is 3.61. The predicted molar refractivity (Wildman–Crippen MR) is 47.7 cm³/mol. The third kappa shape index (κ3) is 2.55. The number of hydrogen-bond donors (Lipinski definition) is 1. The van der Waals surface area contributed by atoms with E-state index in [-0.39, 0.29) is 6.10 Å². The van der Waals surface area contributed by atoms with Crippen molar-refractivity contribution in [2.75, 3.05) is 0 Å². The lowest BCUT2D eigenvalue weighted by Crippen LogP contribution is -1.94. The van der Waals surface area contributed by atoms with Gasteiger partial charge in [-0.05, 0) is 25.3 Å². The fraction of sp³-hybridized carbons (Fsp3) is 0.400. The van der Waals surface area contributed by atoms with Crippen LogP contribution in [0.4, 0.5) is 0 Å². The number of unbranched alkanes of at least 4 members (excludes halogenated alkanes) is 1. The molecule has 0 aromatic carbocycles. The van der Waals surface area contributed by atoms with Crippen molar-refractivity contribution in [3.8, 4) is 0 Å². The number of rotatable bonds is 5. The molecule has 1 heterocycles. The number of allylic oxidation sites excluding steroid dienone is 1. The first-order valence-corrected chi connectivity index (χ1v) is 4.15. The van der Waals surface area contributed by atoms with E-state index in [1.807, 2.05) is 6.08 Å². The Balaban J connectivity index is 2.29. The zero-order chi connectivity index (χ0) is 8.81. The summed E-state index contributed by atoms with van der Waals surface area (Å²) in [6, 6.07) is 1.79. The molecule has 1 aromatic heterocycles. The van der Waals surface area contributed by atoms with Gasteiger partial charge in [-0.1, -0.05) is 6.08 Å². The van der Waals surface area contributed by atoms with Crippen LogP contribution in [0, 0.1) is 0 Å². The third-order valence-corrected chi connectivity index (χ3v) is 1.81. The van der Waals surface area contributed by atoms with Gasteiger partial charge < -0.3 is 9.52 Å². The fourth-order valence-electron chi connectivity index (χ4n) is 1.09. The van der Waals surface area contributed by atoms with Gasteiger partial charge in [0.1, 0.15) is 0 Å². The van der Waals surface area contributed by atoms with E-state index in [1.54, 1.807) is 18.6 Å². The normalized spacial score (nSPS) is 12.8. The van der Waals surface area contributed by atoms with Crippen LogP contribution in [-0.4, -0.2) is 5.11 Å². The van der Waals surface area contributed by atoms with Gasteiger partial charge in [0.2, 0.25) is 0 Å². The van der Waals surface area contributed by atoms with Crippen LogP contribution in [0.25, 0.3) is 0 Å². The van der Waals surface area contributed by atoms with Crippen molar-refractivity contribution in [2.24, 2.45) is 0 Å². The first-order chi connectivity index (χ1) is 5.84. The summed E-state index contributed by atoms with van der Waals surface area (Å²) in [5.41, 5.74) is 0.860. The van der Waals surface area contributed by atoms with Crippen LogP contribution in [0.1, 0.15) is 30.9 Å². The summed E-state index contributed by atoms with van der Waals surface area (Å²) in [5, 5.41) is 9.54. The van der Waals surface area contributed by atoms with Crippen molar-refractivity contribution >= 4 is 0 Å². The Morgan fingerprint density at radius 3 is 3.08 bits per heavy atom. The second-order valence-corrected chi connectivity index (χ2v) is 2.79. The van der Waals surface area contributed by atoms with Crippen molar-refractivity contribution in [3.63, 3.8) is 0 Å². The molecular weight excluding hydrogens is 152 g/mol. The lowest BCUT2D eigenvalue weighted by Gasteiger charge is -2.05. The highest BCUT2D eigenvalue weighted by atomic mass is 16.3. The third-order valence-electron chi connectivity index (χ3n) is 1.81. The van der Waals surface area contributed by atoms with E-state index in [2.05, 4.69) is 6.58 Å². The van der Waals surface area contributed by atoms with Crippen LogP contribution in [0.2, 0.25) is 0 Å². The summed E-state index contributed by atoms with van der Waals surface area (Å²) >= 11 is 0. The fourth-order valence-corrected chi connectivity index (χ4v) is 1.09. The Labute approximate surface area is 72.5 Å². The maximum absolute atomic E-state index is 9.54. The molecule has 0 amide bonds. The van der Waals surface area contributed by atoms with Crippen LogP contribution in [0.15, 0.2) is 35.7 Å². The molecule has 2 nitrogen and oxygen atoms in total. The largest absolute Gasteiger partial charge is 0.472 e. The van der Waals surface area contributed by atoms with E-state index < -0.39 is 0 Å². The second kappa shape index (κ2) is 4.78. The molecule has 1 rings (SSSR count). The van der Waals surface area contributed by atoms with Crippen LogP contribution in [-0.2, 0) is 0 Å². The van der Waals surface area contributed by atoms with Gasteiger partial charge in [-0.25, -0.2) is 0 Å². The average molecular weight is 166 g/mol. The Bertz CT molecular complexity index is 214. The van der Waals surface area contributed by atoms with Crippen molar-refractivity contribution in [1.29, 1.82) is 0 Å². The lowest BCUT2D eigenvalue weighted by molar-refractivity contribution is 0.164. The second-order valence-electron chi connectivity index (χ2n) is 2.79. The van der Waals surface area contributed by atoms with Crippen LogP contribution in [0.5, 0.6) is 0 Å². The maximum atomic E-state index is 9.54. The first kappa shape index (κ1) is 9.07. The van der Waals surface area contributed by atoms with Crippen LogP contribution in [0.3, 0.4) is 0 Å². The van der Waals surface area contributed by atoms with Gasteiger partial charge >= 0.3 is 0 Å². The predicted octanol–water partition coefficient (Wildman–Crippen LogP) is 2.67. The Morgan fingerprint density at radius 2 is 2.50 bits per heavy atom. The molecule has 1 N–H and O–H groups in total. The zero-order valence-corrected chi connectivity index (χ0v) is 7.07. The SMILES string of the molecule is C=CCCC[C@H](O)c1ccoc1. The first-order valence-electron chi connectivity index (χ1n) is 4.15. The summed E-state index contributed by atoms with van der Waals surface area (Å²) in [6.07, 6.45) is 7.33. The minimum absolute atomic E-state index is 0.385. The molecular formula is C10H14O2. The number of hydrogen-bond acceptors (Lipinski definition) is 2. The molecule has 0 aliphatic heterocycles. The number of furan rings is 1. The maximum Gasteiger partial charge on any atom is 0.0960 e. The average Bonchev–Trinajstić information content (AvgIpc) is 2.56. The summed E-state index contributed by atoms with van der Waals surface area (Å²) in [6.45, 7) is 3.62. The summed E-state index contributed by atoms with van der Waals surface area (Å²) < 4.78 is 4.86. The lowest BCUT2D eigenvalue weighted by atomic mass is 10.1. The summed E-state index contributed by atoms with van der Waals surface area (Å²) in [7, 11) is 0. The molecule has 0 unspecified atom stereocenters. The van der Waals surface area contributed by atoms with Gasteiger partial charge in [0.05, 0.1) is 18.6 Å². The van der Waals surface area contributed by atoms with Gasteiger partial charge in [0.25, 0.3) is 0 Å². The standard InChI is InChI=1S/C10H14O2/c1-2-3-4-5-10(11)9-6-7-12-8-9/h2,6-8,10-11H,1,3-5H2/t10-/m0/s1. The minimum atomic E-state index is -0.385. The molecule has 0 fully saturated rings. The minimum Gasteiger partial charge on any atom is -0.472 e. The van der Waals surface area contributed by atoms with Gasteiger partial charge in [0, 0.05) is 5.56 Å². The Morgan fingerprint density at radius 1 is 1.67 bits per heavy atom. The highest BCUT2D eigenvalue weighted by Crippen LogP contribution is 2.18. The topological polar surface area (TPSA) is 33.4 Å². The van der Waals surface area contributed by atoms with E-state index in [0.29, 0.717) is 0 Å². The smallest absolute Gasteiger partial charge is 0.0960 e. The summed E-state index contributed by atoms with van der Waals surface area (Å²) in [4.78, 5) is 0. The molecule has 0 spiro atoms. The van der Waals surface area contributed by atoms with Crippen molar-refractivity contribution in [3.05, 3.63) is 36.8 Å². The molecule has 2 heteroatoms. The number of aliphatic hydroxyl groups is 1. The van der Waals surface area contributed by atoms with Gasteiger partial charge in [-0.15, -0.1) is 6.58 Å². The molecule has 66 valence electrons. The van der Waals surface area contributed by atoms with Crippen LogP contribution < -0.4 is 0 Å². The molecule has 0 bridgehead atoms. The van der Waals surface area contributed by atoms with Crippen molar-refractivity contribution < 1.29 is 9.52 Å². The van der Waals surface area contributed by atoms with E-state index >= 15 is 0 Å². The Hall–Kier alpha value is -1.02. The molecule has 1 aromatic rings. The molecule has 12 heavy (non-hydrogen) atoms. The van der Waals surface area contributed by atoms with E-state index in [1.165, 1.54) is 0 Å². The highest BCUT2D eigenvalue weighted by molar-refractivity contribution is 5.08. The van der Waals surface area contributed by atoms with Gasteiger partial charge in [-0.3, -0.25) is 0 Å². The highest BCUT2D eigenvalue weighted by Gasteiger charge is 2.06. The quantitative estimate of drug-likeness (QED) is 0.539. The van der Waals surface area contributed by atoms with Gasteiger partial charge in [-0.2, -0.15) is 0 Å². The molecule has 0 saturated heterocycles. The van der Waals surface area contributed by atoms with E-state index in [9.17, 15) is 5.11 Å². The number of aliphatic hydroxyl groups excluding tert-OH is 1. The van der Waals surface area contributed by atoms with E-state index in [4.69, 9.17) is 4.42 Å². The monoisotopic (exact) mass is 166 g/mol. The van der Waals surface area contributed by atoms with Gasteiger partial charge in [0.15, 0.2) is 0 Å². The molecule has 0 aliphatic carbocycles. The van der Waals surface area contributed by atoms with E-state index in [0.717, 1.165) is 24.8 Å². The van der Waals surface area contributed by atoms with Crippen molar-refractivity contribution in [1.82, 2.24) is 0 Å². The van der Waals surface area contributed by atoms with Crippen LogP contribution >= 0.6 is 0 Å². The van der Waals surface area contributed by atoms with Crippen molar-refractivity contribution in [2.45, 2.75) is 25.4 Å². The molecule has 1 atom stereocenters. The molecule has 0 radical (unpaired) electrons. The molecule has 0 aliphatic rings. The summed E-state index contributed by atoms with van der Waals surface area (Å²) in [5.74, 6) is 0.